The molecule has 2 aromatic carbocycles. The molecule has 0 aliphatic carbocycles. The van der Waals surface area contributed by atoms with E-state index in [4.69, 9.17) is 28.3 Å². The van der Waals surface area contributed by atoms with E-state index in [9.17, 15) is 19.2 Å². The molecule has 1 aliphatic heterocycles. The van der Waals surface area contributed by atoms with Crippen LogP contribution < -0.4 is 10.2 Å². The number of hydrogen-bond acceptors (Lipinski definition) is 5. The van der Waals surface area contributed by atoms with E-state index in [1.54, 1.807) is 30.3 Å². The third kappa shape index (κ3) is 5.21. The molecule has 3 amide bonds. The second-order valence-electron chi connectivity index (χ2n) is 6.16. The average molecular weight is 465 g/mol. The minimum Gasteiger partial charge on any atom is -0.478 e. The lowest BCUT2D eigenvalue weighted by atomic mass is 10.3. The van der Waals surface area contributed by atoms with Gasteiger partial charge in [0.1, 0.15) is 0 Å². The van der Waals surface area contributed by atoms with Crippen molar-refractivity contribution < 1.29 is 24.3 Å². The highest BCUT2D eigenvalue weighted by Crippen LogP contribution is 2.37. The number of nitrogens with one attached hydrogen (secondary N) is 1. The van der Waals surface area contributed by atoms with Gasteiger partial charge in [0.15, 0.2) is 0 Å². The summed E-state index contributed by atoms with van der Waals surface area (Å²) in [5.74, 6) is -2.60. The van der Waals surface area contributed by atoms with Crippen molar-refractivity contribution in [2.45, 2.75) is 16.6 Å². The zero-order chi connectivity index (χ0) is 21.8. The quantitative estimate of drug-likeness (QED) is 0.494. The molecule has 10 heteroatoms. The van der Waals surface area contributed by atoms with Crippen LogP contribution in [-0.4, -0.2) is 34.0 Å². The van der Waals surface area contributed by atoms with Gasteiger partial charge in [0.2, 0.25) is 17.7 Å². The van der Waals surface area contributed by atoms with Crippen LogP contribution in [-0.2, 0) is 19.2 Å². The van der Waals surface area contributed by atoms with Crippen LogP contribution >= 0.6 is 35.0 Å². The van der Waals surface area contributed by atoms with E-state index in [-0.39, 0.29) is 23.0 Å². The fourth-order valence-corrected chi connectivity index (χ4v) is 4.36. The van der Waals surface area contributed by atoms with Gasteiger partial charge in [0.05, 0.1) is 16.0 Å². The van der Waals surface area contributed by atoms with E-state index < -0.39 is 23.0 Å². The van der Waals surface area contributed by atoms with E-state index >= 15 is 0 Å². The van der Waals surface area contributed by atoms with Crippen molar-refractivity contribution in [3.63, 3.8) is 0 Å². The van der Waals surface area contributed by atoms with Crippen molar-refractivity contribution in [2.24, 2.45) is 0 Å². The Labute approximate surface area is 185 Å². The Kier molecular flexibility index (Phi) is 6.81. The molecule has 1 unspecified atom stereocenters. The SMILES string of the molecule is O=C(O)/C=C/C(=O)Nc1cccc(SC2CC(=O)N(c3ccc(Cl)cc3Cl)C2=O)c1. The first-order valence-corrected chi connectivity index (χ1v) is 10.2. The van der Waals surface area contributed by atoms with Gasteiger partial charge in [-0.1, -0.05) is 29.3 Å². The molecule has 7 nitrogen and oxygen atoms in total. The third-order valence-electron chi connectivity index (χ3n) is 4.01. The Hall–Kier alpha value is -2.81. The van der Waals surface area contributed by atoms with Gasteiger partial charge in [0.25, 0.3) is 0 Å². The van der Waals surface area contributed by atoms with Gasteiger partial charge in [-0.2, -0.15) is 0 Å². The number of nitrogens with zero attached hydrogens (tertiary/aromatic N) is 1. The maximum atomic E-state index is 12.8. The Morgan fingerprint density at radius 3 is 2.60 bits per heavy atom. The molecule has 2 aromatic rings. The summed E-state index contributed by atoms with van der Waals surface area (Å²) in [6.45, 7) is 0. The van der Waals surface area contributed by atoms with Crippen molar-refractivity contribution >= 4 is 70.0 Å². The predicted molar refractivity (Wildman–Crippen MR) is 115 cm³/mol. The molecule has 1 saturated heterocycles. The molecular formula is C20H14Cl2N2O5S. The summed E-state index contributed by atoms with van der Waals surface area (Å²) < 4.78 is 0. The molecule has 154 valence electrons. The maximum absolute atomic E-state index is 12.8. The monoisotopic (exact) mass is 464 g/mol. The van der Waals surface area contributed by atoms with E-state index in [0.717, 1.165) is 17.1 Å². The predicted octanol–water partition coefficient (Wildman–Crippen LogP) is 4.00. The van der Waals surface area contributed by atoms with Crippen LogP contribution in [0.15, 0.2) is 59.5 Å². The molecular weight excluding hydrogens is 451 g/mol. The molecule has 1 aliphatic rings. The topological polar surface area (TPSA) is 104 Å². The first-order valence-electron chi connectivity index (χ1n) is 8.55. The molecule has 0 aromatic heterocycles. The average Bonchev–Trinajstić information content (AvgIpc) is 2.94. The van der Waals surface area contributed by atoms with E-state index in [2.05, 4.69) is 5.32 Å². The van der Waals surface area contributed by atoms with Gasteiger partial charge in [-0.05, 0) is 36.4 Å². The van der Waals surface area contributed by atoms with E-state index in [1.165, 1.54) is 23.9 Å². The summed E-state index contributed by atoms with van der Waals surface area (Å²) in [6.07, 6.45) is 1.63. The molecule has 0 bridgehead atoms. The second-order valence-corrected chi connectivity index (χ2v) is 8.28. The zero-order valence-electron chi connectivity index (χ0n) is 15.2. The normalized spacial score (nSPS) is 16.3. The number of hydrogen-bond donors (Lipinski definition) is 2. The van der Waals surface area contributed by atoms with Crippen molar-refractivity contribution in [3.8, 4) is 0 Å². The van der Waals surface area contributed by atoms with Crippen molar-refractivity contribution in [1.82, 2.24) is 0 Å². The second kappa shape index (κ2) is 9.34. The van der Waals surface area contributed by atoms with Gasteiger partial charge < -0.3 is 10.4 Å². The number of benzene rings is 2. The number of carbonyl (C=O) groups is 4. The molecule has 1 fully saturated rings. The zero-order valence-corrected chi connectivity index (χ0v) is 17.5. The van der Waals surface area contributed by atoms with Crippen LogP contribution in [0.2, 0.25) is 10.0 Å². The van der Waals surface area contributed by atoms with Gasteiger partial charge in [-0.3, -0.25) is 14.4 Å². The number of imide groups is 1. The third-order valence-corrected chi connectivity index (χ3v) is 5.73. The molecule has 1 atom stereocenters. The number of thioether (sulfide) groups is 1. The first kappa shape index (κ1) is 21.9. The summed E-state index contributed by atoms with van der Waals surface area (Å²) in [5, 5.41) is 11.0. The van der Waals surface area contributed by atoms with Crippen LogP contribution in [0.4, 0.5) is 11.4 Å². The highest BCUT2D eigenvalue weighted by atomic mass is 35.5. The summed E-state index contributed by atoms with van der Waals surface area (Å²) in [7, 11) is 0. The summed E-state index contributed by atoms with van der Waals surface area (Å²) >= 11 is 13.2. The van der Waals surface area contributed by atoms with Crippen molar-refractivity contribution in [1.29, 1.82) is 0 Å². The summed E-state index contributed by atoms with van der Waals surface area (Å²) in [6, 6.07) is 11.2. The maximum Gasteiger partial charge on any atom is 0.328 e. The number of carboxylic acid groups (broad SMARTS) is 1. The van der Waals surface area contributed by atoms with Crippen LogP contribution in [0.25, 0.3) is 0 Å². The van der Waals surface area contributed by atoms with E-state index in [0.29, 0.717) is 15.6 Å². The standard InChI is InChI=1S/C20H14Cl2N2O5S/c21-11-4-5-15(14(22)8-11)24-18(26)10-16(20(24)29)30-13-3-1-2-12(9-13)23-17(25)6-7-19(27)28/h1-9,16H,10H2,(H,23,25)(H,27,28)/b7-6+. The molecule has 0 spiro atoms. The van der Waals surface area contributed by atoms with Gasteiger partial charge in [-0.25, -0.2) is 9.69 Å². The Morgan fingerprint density at radius 2 is 1.90 bits per heavy atom. The number of carboxylic acids is 1. The van der Waals surface area contributed by atoms with Gasteiger partial charge in [0, 0.05) is 34.2 Å². The number of amides is 3. The molecule has 0 radical (unpaired) electrons. The number of rotatable bonds is 6. The lowest BCUT2D eigenvalue weighted by Gasteiger charge is -2.16. The molecule has 3 rings (SSSR count). The Balaban J connectivity index is 1.72. The minimum atomic E-state index is -1.23. The lowest BCUT2D eigenvalue weighted by Crippen LogP contribution is -2.31. The largest absolute Gasteiger partial charge is 0.478 e. The highest BCUT2D eigenvalue weighted by molar-refractivity contribution is 8.00. The Bertz CT molecular complexity index is 1070. The van der Waals surface area contributed by atoms with Crippen LogP contribution in [0.5, 0.6) is 0 Å². The van der Waals surface area contributed by atoms with Crippen molar-refractivity contribution in [3.05, 3.63) is 64.7 Å². The molecule has 1 heterocycles. The number of anilines is 2. The molecule has 0 saturated carbocycles. The smallest absolute Gasteiger partial charge is 0.328 e. The van der Waals surface area contributed by atoms with Gasteiger partial charge >= 0.3 is 5.97 Å². The highest BCUT2D eigenvalue weighted by Gasteiger charge is 2.40. The van der Waals surface area contributed by atoms with Gasteiger partial charge in [-0.15, -0.1) is 11.8 Å². The first-order chi connectivity index (χ1) is 14.2. The summed E-state index contributed by atoms with van der Waals surface area (Å²) in [5.41, 5.74) is 0.708. The fourth-order valence-electron chi connectivity index (χ4n) is 2.75. The molecule has 30 heavy (non-hydrogen) atoms. The van der Waals surface area contributed by atoms with E-state index in [1.807, 2.05) is 0 Å². The Morgan fingerprint density at radius 1 is 1.13 bits per heavy atom. The fraction of sp³-hybridized carbons (Fsp3) is 0.100. The number of aliphatic carboxylic acids is 1. The van der Waals surface area contributed by atoms with Crippen LogP contribution in [0.1, 0.15) is 6.42 Å². The van der Waals surface area contributed by atoms with Crippen molar-refractivity contribution in [2.75, 3.05) is 10.2 Å². The van der Waals surface area contributed by atoms with Crippen LogP contribution in [0.3, 0.4) is 0 Å². The number of carbonyl (C=O) groups excluding carboxylic acids is 3. The van der Waals surface area contributed by atoms with Crippen LogP contribution in [0, 0.1) is 0 Å². The number of halogens is 2. The minimum absolute atomic E-state index is 0.000388. The molecule has 2 N–H and O–H groups in total. The lowest BCUT2D eigenvalue weighted by molar-refractivity contribution is -0.131. The summed E-state index contributed by atoms with van der Waals surface area (Å²) in [4.78, 5) is 49.2.